The minimum absolute atomic E-state index is 0.0945. The second-order valence-corrected chi connectivity index (χ2v) is 3.52. The SMILES string of the molecule is C=CC(=O)CCCc1ccccc1Cl. The highest BCUT2D eigenvalue weighted by molar-refractivity contribution is 6.31. The highest BCUT2D eigenvalue weighted by Crippen LogP contribution is 2.17. The molecular formula is C12H13ClO. The number of hydrogen-bond donors (Lipinski definition) is 0. The molecule has 0 amide bonds. The Kier molecular flexibility index (Phi) is 4.41. The molecule has 0 atom stereocenters. The summed E-state index contributed by atoms with van der Waals surface area (Å²) in [6.45, 7) is 3.43. The van der Waals surface area contributed by atoms with Crippen molar-refractivity contribution >= 4 is 17.4 Å². The van der Waals surface area contributed by atoms with E-state index in [1.165, 1.54) is 6.08 Å². The molecule has 0 fully saturated rings. The molecule has 1 aromatic carbocycles. The molecule has 0 aromatic heterocycles. The lowest BCUT2D eigenvalue weighted by Gasteiger charge is -2.01. The standard InChI is InChI=1S/C12H13ClO/c1-2-11(14)8-5-7-10-6-3-4-9-12(10)13/h2-4,6,9H,1,5,7-8H2. The molecule has 74 valence electrons. The summed E-state index contributed by atoms with van der Waals surface area (Å²) in [5.41, 5.74) is 1.10. The number of hydrogen-bond acceptors (Lipinski definition) is 1. The molecule has 0 aliphatic rings. The van der Waals surface area contributed by atoms with Crippen molar-refractivity contribution in [1.82, 2.24) is 0 Å². The number of carbonyl (C=O) groups is 1. The van der Waals surface area contributed by atoms with Crippen molar-refractivity contribution in [2.75, 3.05) is 0 Å². The highest BCUT2D eigenvalue weighted by Gasteiger charge is 2.00. The van der Waals surface area contributed by atoms with Crippen LogP contribution in [-0.2, 0) is 11.2 Å². The summed E-state index contributed by atoms with van der Waals surface area (Å²) in [5.74, 6) is 0.0945. The number of ketones is 1. The molecule has 1 nitrogen and oxygen atoms in total. The van der Waals surface area contributed by atoms with E-state index in [0.717, 1.165) is 23.4 Å². The lowest BCUT2D eigenvalue weighted by molar-refractivity contribution is -0.114. The minimum atomic E-state index is 0.0945. The molecule has 0 bridgehead atoms. The molecule has 0 radical (unpaired) electrons. The molecule has 0 aliphatic heterocycles. The van der Waals surface area contributed by atoms with Crippen LogP contribution in [0.25, 0.3) is 0 Å². The van der Waals surface area contributed by atoms with Crippen molar-refractivity contribution in [3.05, 3.63) is 47.5 Å². The van der Waals surface area contributed by atoms with Crippen LogP contribution in [0.15, 0.2) is 36.9 Å². The quantitative estimate of drug-likeness (QED) is 0.678. The second-order valence-electron chi connectivity index (χ2n) is 3.12. The smallest absolute Gasteiger partial charge is 0.155 e. The van der Waals surface area contributed by atoms with Crippen molar-refractivity contribution in [3.8, 4) is 0 Å². The maximum absolute atomic E-state index is 10.9. The van der Waals surface area contributed by atoms with Crippen LogP contribution in [0, 0.1) is 0 Å². The fourth-order valence-corrected chi connectivity index (χ4v) is 1.49. The molecule has 1 rings (SSSR count). The average molecular weight is 209 g/mol. The van der Waals surface area contributed by atoms with Gasteiger partial charge in [-0.2, -0.15) is 0 Å². The lowest BCUT2D eigenvalue weighted by Crippen LogP contribution is -1.94. The van der Waals surface area contributed by atoms with Crippen LogP contribution in [0.2, 0.25) is 5.02 Å². The van der Waals surface area contributed by atoms with Gasteiger partial charge in [0.05, 0.1) is 0 Å². The highest BCUT2D eigenvalue weighted by atomic mass is 35.5. The van der Waals surface area contributed by atoms with Crippen LogP contribution in [0.5, 0.6) is 0 Å². The zero-order valence-electron chi connectivity index (χ0n) is 8.00. The van der Waals surface area contributed by atoms with Crippen molar-refractivity contribution in [2.24, 2.45) is 0 Å². The van der Waals surface area contributed by atoms with Gasteiger partial charge in [-0.25, -0.2) is 0 Å². The largest absolute Gasteiger partial charge is 0.295 e. The molecule has 0 aliphatic carbocycles. The Morgan fingerprint density at radius 1 is 1.43 bits per heavy atom. The zero-order valence-corrected chi connectivity index (χ0v) is 8.76. The molecule has 0 N–H and O–H groups in total. The summed E-state index contributed by atoms with van der Waals surface area (Å²) >= 11 is 5.97. The monoisotopic (exact) mass is 208 g/mol. The normalized spacial score (nSPS) is 9.79. The summed E-state index contributed by atoms with van der Waals surface area (Å²) in [7, 11) is 0. The Hall–Kier alpha value is -1.08. The number of allylic oxidation sites excluding steroid dienone is 1. The molecule has 1 aromatic rings. The third-order valence-corrected chi connectivity index (χ3v) is 2.42. The Morgan fingerprint density at radius 2 is 2.14 bits per heavy atom. The third-order valence-electron chi connectivity index (χ3n) is 2.05. The maximum atomic E-state index is 10.9. The van der Waals surface area contributed by atoms with E-state index in [2.05, 4.69) is 6.58 Å². The Morgan fingerprint density at radius 3 is 2.79 bits per heavy atom. The van der Waals surface area contributed by atoms with E-state index in [1.54, 1.807) is 0 Å². The van der Waals surface area contributed by atoms with Crippen LogP contribution < -0.4 is 0 Å². The Labute approximate surface area is 89.4 Å². The van der Waals surface area contributed by atoms with Gasteiger partial charge in [-0.3, -0.25) is 4.79 Å². The Balaban J connectivity index is 2.42. The first-order chi connectivity index (χ1) is 6.74. The van der Waals surface area contributed by atoms with Crippen LogP contribution in [-0.4, -0.2) is 5.78 Å². The summed E-state index contributed by atoms with van der Waals surface area (Å²) in [4.78, 5) is 10.9. The molecule has 0 saturated carbocycles. The predicted octanol–water partition coefficient (Wildman–Crippen LogP) is 3.42. The second kappa shape index (κ2) is 5.61. The van der Waals surface area contributed by atoms with Gasteiger partial charge in [-0.1, -0.05) is 36.4 Å². The van der Waals surface area contributed by atoms with E-state index in [0.29, 0.717) is 6.42 Å². The summed E-state index contributed by atoms with van der Waals surface area (Å²) in [6, 6.07) is 7.71. The first-order valence-electron chi connectivity index (χ1n) is 4.62. The molecule has 2 heteroatoms. The van der Waals surface area contributed by atoms with Gasteiger partial charge in [0.25, 0.3) is 0 Å². The van der Waals surface area contributed by atoms with Crippen LogP contribution >= 0.6 is 11.6 Å². The maximum Gasteiger partial charge on any atom is 0.155 e. The van der Waals surface area contributed by atoms with Gasteiger partial charge in [-0.05, 0) is 30.5 Å². The van der Waals surface area contributed by atoms with Gasteiger partial charge in [0.15, 0.2) is 5.78 Å². The van der Waals surface area contributed by atoms with Crippen molar-refractivity contribution in [1.29, 1.82) is 0 Å². The van der Waals surface area contributed by atoms with E-state index in [4.69, 9.17) is 11.6 Å². The molecule has 0 unspecified atom stereocenters. The third kappa shape index (κ3) is 3.35. The van der Waals surface area contributed by atoms with E-state index in [9.17, 15) is 4.79 Å². The zero-order chi connectivity index (χ0) is 10.4. The van der Waals surface area contributed by atoms with Gasteiger partial charge in [0.1, 0.15) is 0 Å². The summed E-state index contributed by atoms with van der Waals surface area (Å²) < 4.78 is 0. The van der Waals surface area contributed by atoms with E-state index in [-0.39, 0.29) is 5.78 Å². The van der Waals surface area contributed by atoms with Crippen LogP contribution in [0.4, 0.5) is 0 Å². The molecule has 0 heterocycles. The van der Waals surface area contributed by atoms with Crippen molar-refractivity contribution < 1.29 is 4.79 Å². The molecule has 14 heavy (non-hydrogen) atoms. The first kappa shape index (κ1) is 11.0. The number of halogens is 1. The Bertz CT molecular complexity index is 331. The average Bonchev–Trinajstić information content (AvgIpc) is 2.20. The van der Waals surface area contributed by atoms with Crippen LogP contribution in [0.3, 0.4) is 0 Å². The fraction of sp³-hybridized carbons (Fsp3) is 0.250. The molecular weight excluding hydrogens is 196 g/mol. The first-order valence-corrected chi connectivity index (χ1v) is 5.00. The van der Waals surface area contributed by atoms with Gasteiger partial charge >= 0.3 is 0 Å². The lowest BCUT2D eigenvalue weighted by atomic mass is 10.1. The number of aryl methyl sites for hydroxylation is 1. The van der Waals surface area contributed by atoms with Gasteiger partial charge in [0, 0.05) is 11.4 Å². The van der Waals surface area contributed by atoms with Crippen molar-refractivity contribution in [3.63, 3.8) is 0 Å². The van der Waals surface area contributed by atoms with Crippen molar-refractivity contribution in [2.45, 2.75) is 19.3 Å². The number of benzene rings is 1. The number of rotatable bonds is 5. The number of carbonyl (C=O) groups excluding carboxylic acids is 1. The molecule has 0 spiro atoms. The molecule has 0 saturated heterocycles. The minimum Gasteiger partial charge on any atom is -0.295 e. The topological polar surface area (TPSA) is 17.1 Å². The van der Waals surface area contributed by atoms with Crippen LogP contribution in [0.1, 0.15) is 18.4 Å². The van der Waals surface area contributed by atoms with E-state index in [1.807, 2.05) is 24.3 Å². The predicted molar refractivity (Wildman–Crippen MR) is 59.6 cm³/mol. The van der Waals surface area contributed by atoms with Gasteiger partial charge in [-0.15, -0.1) is 0 Å². The van der Waals surface area contributed by atoms with E-state index >= 15 is 0 Å². The summed E-state index contributed by atoms with van der Waals surface area (Å²) in [5, 5.41) is 0.776. The van der Waals surface area contributed by atoms with E-state index < -0.39 is 0 Å². The summed E-state index contributed by atoms with van der Waals surface area (Å²) in [6.07, 6.45) is 3.59. The van der Waals surface area contributed by atoms with Gasteiger partial charge in [0.2, 0.25) is 0 Å². The van der Waals surface area contributed by atoms with Gasteiger partial charge < -0.3 is 0 Å². The fourth-order valence-electron chi connectivity index (χ4n) is 1.26.